The summed E-state index contributed by atoms with van der Waals surface area (Å²) in [5.74, 6) is 0.921. The molecule has 0 unspecified atom stereocenters. The molecule has 0 saturated heterocycles. The van der Waals surface area contributed by atoms with Crippen molar-refractivity contribution in [2.45, 2.75) is 27.2 Å². The highest BCUT2D eigenvalue weighted by atomic mass is 16.5. The van der Waals surface area contributed by atoms with Crippen molar-refractivity contribution in [1.82, 2.24) is 0 Å². The van der Waals surface area contributed by atoms with Crippen LogP contribution in [-0.4, -0.2) is 7.11 Å². The van der Waals surface area contributed by atoms with Gasteiger partial charge in [-0.3, -0.25) is 0 Å². The highest BCUT2D eigenvalue weighted by Gasteiger charge is 2.11. The van der Waals surface area contributed by atoms with E-state index < -0.39 is 0 Å². The molecule has 0 saturated carbocycles. The summed E-state index contributed by atoms with van der Waals surface area (Å²) in [6.07, 6.45) is 0.937. The number of ether oxygens (including phenoxy) is 1. The fraction of sp³-hybridized carbons (Fsp3) is 0.294. The molecule has 0 heterocycles. The maximum absolute atomic E-state index is 5.98. The summed E-state index contributed by atoms with van der Waals surface area (Å²) in [5, 5.41) is 0. The van der Waals surface area contributed by atoms with E-state index in [0.717, 1.165) is 23.4 Å². The van der Waals surface area contributed by atoms with Crippen LogP contribution in [0.4, 0.5) is 5.69 Å². The molecule has 2 N–H and O–H groups in total. The van der Waals surface area contributed by atoms with Crippen molar-refractivity contribution in [3.63, 3.8) is 0 Å². The van der Waals surface area contributed by atoms with Crippen LogP contribution in [0.1, 0.15) is 23.6 Å². The van der Waals surface area contributed by atoms with Crippen molar-refractivity contribution >= 4 is 5.69 Å². The molecule has 0 aliphatic heterocycles. The predicted octanol–water partition coefficient (Wildman–Crippen LogP) is 4.12. The molecular formula is C17H21NO. The third kappa shape index (κ3) is 2.58. The highest BCUT2D eigenvalue weighted by Crippen LogP contribution is 2.35. The smallest absolute Gasteiger partial charge is 0.127 e. The molecule has 0 atom stereocenters. The minimum Gasteiger partial charge on any atom is -0.496 e. The molecule has 0 aliphatic carbocycles. The first-order chi connectivity index (χ1) is 9.06. The van der Waals surface area contributed by atoms with Crippen molar-refractivity contribution in [3.05, 3.63) is 47.0 Å². The average molecular weight is 255 g/mol. The second kappa shape index (κ2) is 5.35. The summed E-state index contributed by atoms with van der Waals surface area (Å²) in [6, 6.07) is 10.5. The molecule has 2 nitrogen and oxygen atoms in total. The van der Waals surface area contributed by atoms with E-state index in [-0.39, 0.29) is 0 Å². The summed E-state index contributed by atoms with van der Waals surface area (Å²) in [4.78, 5) is 0. The Morgan fingerprint density at radius 2 is 1.84 bits per heavy atom. The van der Waals surface area contributed by atoms with Gasteiger partial charge in [-0.2, -0.15) is 0 Å². The fourth-order valence-corrected chi connectivity index (χ4v) is 2.53. The number of hydrogen-bond acceptors (Lipinski definition) is 2. The lowest BCUT2D eigenvalue weighted by Gasteiger charge is -2.15. The highest BCUT2D eigenvalue weighted by molar-refractivity contribution is 5.76. The minimum absolute atomic E-state index is 0.856. The molecule has 0 amide bonds. The van der Waals surface area contributed by atoms with E-state index in [1.165, 1.54) is 22.3 Å². The first-order valence-electron chi connectivity index (χ1n) is 6.60. The van der Waals surface area contributed by atoms with Crippen LogP contribution in [0.25, 0.3) is 11.1 Å². The topological polar surface area (TPSA) is 35.2 Å². The van der Waals surface area contributed by atoms with Gasteiger partial charge in [0.1, 0.15) is 5.75 Å². The van der Waals surface area contributed by atoms with Crippen LogP contribution in [0, 0.1) is 13.8 Å². The Balaban J connectivity index is 2.64. The maximum atomic E-state index is 5.98. The second-order valence-electron chi connectivity index (χ2n) is 4.93. The summed E-state index contributed by atoms with van der Waals surface area (Å²) >= 11 is 0. The Labute approximate surface area is 115 Å². The molecule has 2 aromatic carbocycles. The molecule has 0 fully saturated rings. The van der Waals surface area contributed by atoms with Gasteiger partial charge in [0, 0.05) is 11.3 Å². The Morgan fingerprint density at radius 3 is 2.47 bits per heavy atom. The minimum atomic E-state index is 0.856. The monoisotopic (exact) mass is 255 g/mol. The van der Waals surface area contributed by atoms with Crippen LogP contribution < -0.4 is 10.5 Å². The fourth-order valence-electron chi connectivity index (χ4n) is 2.53. The van der Waals surface area contributed by atoms with Gasteiger partial charge in [0.2, 0.25) is 0 Å². The molecule has 2 heteroatoms. The molecule has 0 bridgehead atoms. The lowest BCUT2D eigenvalue weighted by molar-refractivity contribution is 0.416. The zero-order valence-electron chi connectivity index (χ0n) is 12.1. The Bertz CT molecular complexity index is 602. The zero-order chi connectivity index (χ0) is 14.0. The van der Waals surface area contributed by atoms with Gasteiger partial charge in [0.05, 0.1) is 7.11 Å². The largest absolute Gasteiger partial charge is 0.496 e. The summed E-state index contributed by atoms with van der Waals surface area (Å²) < 4.78 is 5.53. The first kappa shape index (κ1) is 13.5. The second-order valence-corrected chi connectivity index (χ2v) is 4.93. The van der Waals surface area contributed by atoms with E-state index in [1.54, 1.807) is 7.11 Å². The summed E-state index contributed by atoms with van der Waals surface area (Å²) in [7, 11) is 1.72. The number of aryl methyl sites for hydroxylation is 3. The third-order valence-corrected chi connectivity index (χ3v) is 3.48. The predicted molar refractivity (Wildman–Crippen MR) is 81.7 cm³/mol. The average Bonchev–Trinajstić information content (AvgIpc) is 2.39. The number of nitrogen functional groups attached to an aromatic ring is 1. The van der Waals surface area contributed by atoms with Crippen molar-refractivity contribution in [2.24, 2.45) is 0 Å². The Hall–Kier alpha value is -1.96. The van der Waals surface area contributed by atoms with E-state index in [0.29, 0.717) is 0 Å². The lowest BCUT2D eigenvalue weighted by atomic mass is 9.95. The number of nitrogens with two attached hydrogens (primary N) is 1. The molecule has 0 radical (unpaired) electrons. The van der Waals surface area contributed by atoms with E-state index in [1.807, 2.05) is 6.07 Å². The van der Waals surface area contributed by atoms with Gasteiger partial charge in [-0.25, -0.2) is 0 Å². The van der Waals surface area contributed by atoms with Gasteiger partial charge in [0.15, 0.2) is 0 Å². The standard InChI is InChI=1S/C17H21NO/c1-5-13-10-14(6-7-15(13)18)17-12(3)8-11(2)9-16(17)19-4/h6-10H,5,18H2,1-4H3. The van der Waals surface area contributed by atoms with Gasteiger partial charge in [-0.15, -0.1) is 0 Å². The van der Waals surface area contributed by atoms with Gasteiger partial charge in [-0.1, -0.05) is 19.1 Å². The Kier molecular flexibility index (Phi) is 3.79. The van der Waals surface area contributed by atoms with Gasteiger partial charge in [-0.05, 0) is 60.7 Å². The Morgan fingerprint density at radius 1 is 1.11 bits per heavy atom. The molecule has 100 valence electrons. The third-order valence-electron chi connectivity index (χ3n) is 3.48. The van der Waals surface area contributed by atoms with Crippen LogP contribution in [0.3, 0.4) is 0 Å². The van der Waals surface area contributed by atoms with Crippen molar-refractivity contribution in [2.75, 3.05) is 12.8 Å². The SMILES string of the molecule is CCc1cc(-c2c(C)cc(C)cc2OC)ccc1N. The molecule has 0 spiro atoms. The number of benzene rings is 2. The van der Waals surface area contributed by atoms with Crippen LogP contribution in [0.2, 0.25) is 0 Å². The van der Waals surface area contributed by atoms with Gasteiger partial charge >= 0.3 is 0 Å². The summed E-state index contributed by atoms with van der Waals surface area (Å²) in [5.41, 5.74) is 12.8. The van der Waals surface area contributed by atoms with Gasteiger partial charge < -0.3 is 10.5 Å². The van der Waals surface area contributed by atoms with E-state index in [4.69, 9.17) is 10.5 Å². The molecule has 0 aromatic heterocycles. The molecule has 2 aromatic rings. The molecule has 19 heavy (non-hydrogen) atoms. The molecule has 2 rings (SSSR count). The number of methoxy groups -OCH3 is 1. The van der Waals surface area contributed by atoms with Crippen LogP contribution in [0.5, 0.6) is 5.75 Å². The van der Waals surface area contributed by atoms with E-state index in [9.17, 15) is 0 Å². The zero-order valence-corrected chi connectivity index (χ0v) is 12.1. The number of rotatable bonds is 3. The van der Waals surface area contributed by atoms with Crippen molar-refractivity contribution in [3.8, 4) is 16.9 Å². The maximum Gasteiger partial charge on any atom is 0.127 e. The van der Waals surface area contributed by atoms with Crippen LogP contribution in [0.15, 0.2) is 30.3 Å². The molecular weight excluding hydrogens is 234 g/mol. The van der Waals surface area contributed by atoms with E-state index in [2.05, 4.69) is 45.0 Å². The van der Waals surface area contributed by atoms with Crippen LogP contribution >= 0.6 is 0 Å². The van der Waals surface area contributed by atoms with E-state index >= 15 is 0 Å². The van der Waals surface area contributed by atoms with Crippen molar-refractivity contribution < 1.29 is 4.74 Å². The van der Waals surface area contributed by atoms with Crippen molar-refractivity contribution in [1.29, 1.82) is 0 Å². The lowest BCUT2D eigenvalue weighted by Crippen LogP contribution is -1.96. The quantitative estimate of drug-likeness (QED) is 0.837. The molecule has 0 aliphatic rings. The van der Waals surface area contributed by atoms with Gasteiger partial charge in [0.25, 0.3) is 0 Å². The first-order valence-corrected chi connectivity index (χ1v) is 6.60. The normalized spacial score (nSPS) is 10.5. The number of hydrogen-bond donors (Lipinski definition) is 1. The summed E-state index contributed by atoms with van der Waals surface area (Å²) in [6.45, 7) is 6.32. The van der Waals surface area contributed by atoms with Crippen LogP contribution in [-0.2, 0) is 6.42 Å². The number of anilines is 1.